The van der Waals surface area contributed by atoms with E-state index < -0.39 is 0 Å². The van der Waals surface area contributed by atoms with Crippen LogP contribution in [-0.4, -0.2) is 60.4 Å². The number of amides is 1. The fraction of sp³-hybridized carbons (Fsp3) is 0.360. The van der Waals surface area contributed by atoms with Crippen molar-refractivity contribution in [3.63, 3.8) is 0 Å². The first-order valence-electron chi connectivity index (χ1n) is 11.8. The quantitative estimate of drug-likeness (QED) is 0.375. The number of nitrogens with zero attached hydrogens (tertiary/aromatic N) is 4. The molecular weight excluding hydrogens is 551 g/mol. The fourth-order valence-electron chi connectivity index (χ4n) is 4.69. The molecule has 0 bridgehead atoms. The van der Waals surface area contributed by atoms with Gasteiger partial charge in [0.05, 0.1) is 60.7 Å². The molecule has 2 N–H and O–H groups in total. The summed E-state index contributed by atoms with van der Waals surface area (Å²) >= 11 is 15.0. The number of nitrogens with one attached hydrogen (secondary N) is 2. The fourth-order valence-corrected chi connectivity index (χ4v) is 6.16. The lowest BCUT2D eigenvalue weighted by Crippen LogP contribution is -2.52. The van der Waals surface area contributed by atoms with E-state index in [2.05, 4.69) is 27.2 Å². The van der Waals surface area contributed by atoms with Crippen molar-refractivity contribution >= 4 is 57.9 Å². The molecule has 1 aromatic carbocycles. The third-order valence-electron chi connectivity index (χ3n) is 6.62. The van der Waals surface area contributed by atoms with E-state index in [0.29, 0.717) is 58.6 Å². The van der Waals surface area contributed by atoms with Crippen molar-refractivity contribution in [1.29, 1.82) is 0 Å². The summed E-state index contributed by atoms with van der Waals surface area (Å²) in [5.41, 5.74) is 3.91. The van der Waals surface area contributed by atoms with E-state index in [0.717, 1.165) is 16.1 Å². The molecule has 2 aliphatic rings. The van der Waals surface area contributed by atoms with Gasteiger partial charge < -0.3 is 29.7 Å². The van der Waals surface area contributed by atoms with Crippen LogP contribution in [0.4, 0.5) is 17.5 Å². The second kappa shape index (κ2) is 10.9. The zero-order valence-electron chi connectivity index (χ0n) is 21.0. The number of methoxy groups -OCH3 is 2. The number of aromatic nitrogens is 3. The van der Waals surface area contributed by atoms with E-state index in [-0.39, 0.29) is 24.0 Å². The first-order chi connectivity index (χ1) is 18.4. The normalized spacial score (nSPS) is 20.2. The van der Waals surface area contributed by atoms with E-state index >= 15 is 0 Å². The number of benzene rings is 1. The molecule has 1 unspecified atom stereocenters. The van der Waals surface area contributed by atoms with Gasteiger partial charge in [-0.1, -0.05) is 29.8 Å². The predicted molar refractivity (Wildman–Crippen MR) is 148 cm³/mol. The van der Waals surface area contributed by atoms with Crippen LogP contribution in [0.5, 0.6) is 11.5 Å². The number of hydrogen-bond donors (Lipinski definition) is 2. The minimum atomic E-state index is -0.266. The second-order valence-corrected chi connectivity index (χ2v) is 10.4. The number of rotatable bonds is 7. The molecule has 1 amide bonds. The molecule has 1 saturated heterocycles. The maximum atomic E-state index is 11.9. The summed E-state index contributed by atoms with van der Waals surface area (Å²) in [6, 6.07) is 1.04. The van der Waals surface area contributed by atoms with E-state index in [1.54, 1.807) is 17.8 Å². The Labute approximate surface area is 233 Å². The van der Waals surface area contributed by atoms with Gasteiger partial charge in [-0.25, -0.2) is 15.0 Å². The van der Waals surface area contributed by atoms with Crippen LogP contribution in [0.15, 0.2) is 30.4 Å². The number of anilines is 3. The van der Waals surface area contributed by atoms with Gasteiger partial charge in [-0.2, -0.15) is 0 Å². The van der Waals surface area contributed by atoms with Gasteiger partial charge in [0.1, 0.15) is 21.5 Å². The molecule has 13 heteroatoms. The van der Waals surface area contributed by atoms with Gasteiger partial charge in [-0.3, -0.25) is 4.79 Å². The Hall–Kier alpha value is -3.12. The maximum Gasteiger partial charge on any atom is 0.243 e. The van der Waals surface area contributed by atoms with Crippen molar-refractivity contribution in [1.82, 2.24) is 20.3 Å². The molecule has 0 saturated carbocycles. The second-order valence-electron chi connectivity index (χ2n) is 8.74. The van der Waals surface area contributed by atoms with E-state index in [1.165, 1.54) is 31.6 Å². The molecule has 38 heavy (non-hydrogen) atoms. The van der Waals surface area contributed by atoms with Crippen LogP contribution in [0.3, 0.4) is 0 Å². The highest BCUT2D eigenvalue weighted by atomic mass is 35.5. The summed E-state index contributed by atoms with van der Waals surface area (Å²) in [5.74, 6) is 1.72. The van der Waals surface area contributed by atoms with Crippen LogP contribution in [0, 0.1) is 0 Å². The molecule has 2 aromatic heterocycles. The summed E-state index contributed by atoms with van der Waals surface area (Å²) in [6.45, 7) is 6.51. The molecule has 0 aliphatic carbocycles. The lowest BCUT2D eigenvalue weighted by molar-refractivity contribution is -0.117. The highest BCUT2D eigenvalue weighted by Crippen LogP contribution is 2.55. The van der Waals surface area contributed by atoms with Gasteiger partial charge in [0, 0.05) is 24.4 Å². The molecule has 0 radical (unpaired) electrons. The Balaban J connectivity index is 1.52. The first-order valence-corrected chi connectivity index (χ1v) is 13.5. The monoisotopic (exact) mass is 576 g/mol. The summed E-state index contributed by atoms with van der Waals surface area (Å²) < 4.78 is 16.6. The molecule has 200 valence electrons. The van der Waals surface area contributed by atoms with E-state index in [4.69, 9.17) is 42.4 Å². The summed E-state index contributed by atoms with van der Waals surface area (Å²) in [5, 5.41) is 6.98. The minimum absolute atomic E-state index is 0.144. The molecule has 3 atom stereocenters. The van der Waals surface area contributed by atoms with Gasteiger partial charge in [0.15, 0.2) is 5.82 Å². The summed E-state index contributed by atoms with van der Waals surface area (Å²) in [7, 11) is 3.07. The Kier molecular flexibility index (Phi) is 7.62. The van der Waals surface area contributed by atoms with Crippen LogP contribution in [-0.2, 0) is 9.53 Å². The van der Waals surface area contributed by atoms with Crippen LogP contribution in [0.25, 0.3) is 10.6 Å². The van der Waals surface area contributed by atoms with Crippen molar-refractivity contribution in [2.45, 2.75) is 31.5 Å². The van der Waals surface area contributed by atoms with Crippen LogP contribution >= 0.6 is 34.5 Å². The van der Waals surface area contributed by atoms with Crippen LogP contribution in [0.2, 0.25) is 10.0 Å². The Morgan fingerprint density at radius 1 is 1.24 bits per heavy atom. The predicted octanol–water partition coefficient (Wildman–Crippen LogP) is 5.01. The van der Waals surface area contributed by atoms with Crippen molar-refractivity contribution in [3.8, 4) is 22.1 Å². The largest absolute Gasteiger partial charge is 0.495 e. The average Bonchev–Trinajstić information content (AvgIpc) is 3.41. The van der Waals surface area contributed by atoms with Crippen LogP contribution < -0.4 is 25.0 Å². The number of ether oxygens (including phenoxy) is 3. The van der Waals surface area contributed by atoms with Crippen molar-refractivity contribution < 1.29 is 19.0 Å². The Morgan fingerprint density at radius 3 is 2.66 bits per heavy atom. The smallest absolute Gasteiger partial charge is 0.243 e. The summed E-state index contributed by atoms with van der Waals surface area (Å²) in [6.07, 6.45) is 3.71. The zero-order valence-corrected chi connectivity index (χ0v) is 23.3. The molecule has 10 nitrogen and oxygen atoms in total. The molecule has 5 rings (SSSR count). The number of carbonyl (C=O) groups is 1. The van der Waals surface area contributed by atoms with Gasteiger partial charge in [0.2, 0.25) is 11.9 Å². The molecule has 3 aromatic rings. The number of halogens is 2. The topological polar surface area (TPSA) is 111 Å². The number of hydrogen-bond acceptors (Lipinski definition) is 10. The minimum Gasteiger partial charge on any atom is -0.495 e. The highest BCUT2D eigenvalue weighted by molar-refractivity contribution is 7.13. The van der Waals surface area contributed by atoms with E-state index in [9.17, 15) is 4.79 Å². The molecular formula is C25H26Cl2N6O4S. The SMILES string of the molecule is C=CC(=O)N[C@H]1CCOC[C@H]1Nc1ncc2c(n1)-c1scnc1N(c1c(Cl)c(OC)cc(OC)c1Cl)C2C. The zero-order chi connectivity index (χ0) is 27.0. The number of thiazole rings is 1. The van der Waals surface area contributed by atoms with Gasteiger partial charge in [-0.15, -0.1) is 11.3 Å². The standard InChI is InChI=1S/C25H26Cl2N6O4S/c1-5-18(34)30-14-6-7-37-10-15(14)31-25-28-9-13-12(2)33(24-23(21(13)32-25)38-11-29-24)22-19(26)16(35-3)8-17(36-4)20(22)27/h5,8-9,11-12,14-15H,1,6-7,10H2,2-4H3,(H,30,34)(H,28,31,32)/t12?,14-,15+/m0/s1. The van der Waals surface area contributed by atoms with Crippen molar-refractivity contribution in [3.05, 3.63) is 46.0 Å². The Morgan fingerprint density at radius 2 is 1.97 bits per heavy atom. The number of fused-ring (bicyclic) bond motifs is 3. The number of carbonyl (C=O) groups excluding carboxylic acids is 1. The van der Waals surface area contributed by atoms with Gasteiger partial charge >= 0.3 is 0 Å². The van der Waals surface area contributed by atoms with Crippen molar-refractivity contribution in [2.75, 3.05) is 37.7 Å². The lowest BCUT2D eigenvalue weighted by Gasteiger charge is -2.36. The summed E-state index contributed by atoms with van der Waals surface area (Å²) in [4.78, 5) is 28.8. The third kappa shape index (κ3) is 4.64. The van der Waals surface area contributed by atoms with Gasteiger partial charge in [-0.05, 0) is 19.4 Å². The third-order valence-corrected chi connectivity index (χ3v) is 8.17. The Bertz CT molecular complexity index is 1360. The maximum absolute atomic E-state index is 11.9. The van der Waals surface area contributed by atoms with E-state index in [1.807, 2.05) is 11.8 Å². The molecule has 4 heterocycles. The molecule has 2 aliphatic heterocycles. The molecule has 1 fully saturated rings. The average molecular weight is 577 g/mol. The first kappa shape index (κ1) is 26.5. The van der Waals surface area contributed by atoms with Gasteiger partial charge in [0.25, 0.3) is 0 Å². The lowest BCUT2D eigenvalue weighted by atomic mass is 10.00. The van der Waals surface area contributed by atoms with Crippen LogP contribution in [0.1, 0.15) is 24.9 Å². The molecule has 0 spiro atoms. The highest BCUT2D eigenvalue weighted by Gasteiger charge is 2.37. The van der Waals surface area contributed by atoms with Crippen molar-refractivity contribution in [2.24, 2.45) is 0 Å².